The maximum absolute atomic E-state index is 14.1. The van der Waals surface area contributed by atoms with E-state index in [1.54, 1.807) is 6.92 Å². The molecule has 0 aliphatic carbocycles. The Morgan fingerprint density at radius 3 is 2.42 bits per heavy atom. The molecule has 3 aromatic carbocycles. The molecule has 3 rings (SSSR count). The lowest BCUT2D eigenvalue weighted by atomic mass is 10.1. The monoisotopic (exact) mass is 630 g/mol. The first-order valence-electron chi connectivity index (χ1n) is 13.6. The number of ether oxygens (including phenoxy) is 1. The van der Waals surface area contributed by atoms with E-state index in [0.29, 0.717) is 19.4 Å². The predicted octanol–water partition coefficient (Wildman–Crippen LogP) is 4.75. The number of anilines is 1. The Bertz CT molecular complexity index is 1570. The quantitative estimate of drug-likeness (QED) is 0.200. The molecule has 0 unspecified atom stereocenters. The zero-order chi connectivity index (χ0) is 31.7. The van der Waals surface area contributed by atoms with E-state index in [9.17, 15) is 28.1 Å². The number of aryl methyl sites for hydroxylation is 1. The van der Waals surface area contributed by atoms with Crippen LogP contribution >= 0.6 is 11.6 Å². The van der Waals surface area contributed by atoms with Gasteiger partial charge in [0.25, 0.3) is 15.7 Å². The Balaban J connectivity index is 2.10. The number of nitro groups is 1. The summed E-state index contributed by atoms with van der Waals surface area (Å²) in [4.78, 5) is 38.9. The van der Waals surface area contributed by atoms with Crippen LogP contribution in [0.2, 0.25) is 5.02 Å². The van der Waals surface area contributed by atoms with Gasteiger partial charge in [-0.1, -0.05) is 54.9 Å². The molecule has 3 aromatic rings. The number of methoxy groups -OCH3 is 1. The fraction of sp³-hybridized carbons (Fsp3) is 0.333. The van der Waals surface area contributed by atoms with Gasteiger partial charge in [-0.25, -0.2) is 8.42 Å². The topological polar surface area (TPSA) is 139 Å². The van der Waals surface area contributed by atoms with Crippen LogP contribution in [0, 0.1) is 17.0 Å². The number of benzene rings is 3. The smallest absolute Gasteiger partial charge is 0.273 e. The van der Waals surface area contributed by atoms with Gasteiger partial charge in [0, 0.05) is 29.7 Å². The molecule has 2 amide bonds. The fourth-order valence-electron chi connectivity index (χ4n) is 4.41. The largest absolute Gasteiger partial charge is 0.495 e. The summed E-state index contributed by atoms with van der Waals surface area (Å²) in [6, 6.07) is 16.2. The lowest BCUT2D eigenvalue weighted by molar-refractivity contribution is -0.385. The van der Waals surface area contributed by atoms with Crippen molar-refractivity contribution in [2.24, 2.45) is 0 Å². The van der Waals surface area contributed by atoms with Gasteiger partial charge in [0.15, 0.2) is 0 Å². The van der Waals surface area contributed by atoms with Crippen LogP contribution in [0.15, 0.2) is 71.6 Å². The van der Waals surface area contributed by atoms with E-state index in [1.165, 1.54) is 49.3 Å². The van der Waals surface area contributed by atoms with Crippen molar-refractivity contribution in [2.75, 3.05) is 31.0 Å². The number of amides is 2. The van der Waals surface area contributed by atoms with Crippen LogP contribution in [0.4, 0.5) is 11.4 Å². The summed E-state index contributed by atoms with van der Waals surface area (Å²) in [5, 5.41) is 14.6. The molecule has 0 radical (unpaired) electrons. The summed E-state index contributed by atoms with van der Waals surface area (Å²) in [5.41, 5.74) is 0.758. The van der Waals surface area contributed by atoms with E-state index in [-0.39, 0.29) is 34.5 Å². The first-order chi connectivity index (χ1) is 20.4. The van der Waals surface area contributed by atoms with Crippen molar-refractivity contribution in [1.29, 1.82) is 0 Å². The summed E-state index contributed by atoms with van der Waals surface area (Å²) in [6.07, 6.45) is 1.11. The number of carbonyl (C=O) groups excluding carboxylic acids is 2. The number of nitrogens with zero attached hydrogens (tertiary/aromatic N) is 3. The zero-order valence-electron chi connectivity index (χ0n) is 24.4. The zero-order valence-corrected chi connectivity index (χ0v) is 26.0. The average Bonchev–Trinajstić information content (AvgIpc) is 2.98. The maximum Gasteiger partial charge on any atom is 0.273 e. The number of rotatable bonds is 14. The molecule has 0 saturated heterocycles. The van der Waals surface area contributed by atoms with Crippen molar-refractivity contribution in [1.82, 2.24) is 10.2 Å². The minimum atomic E-state index is -4.59. The molecule has 0 fully saturated rings. The minimum absolute atomic E-state index is 0.0438. The molecule has 0 aliphatic rings. The molecule has 13 heteroatoms. The van der Waals surface area contributed by atoms with Gasteiger partial charge in [-0.15, -0.1) is 0 Å². The van der Waals surface area contributed by atoms with Gasteiger partial charge in [0.1, 0.15) is 18.3 Å². The predicted molar refractivity (Wildman–Crippen MR) is 165 cm³/mol. The molecule has 0 heterocycles. The molecule has 0 bridgehead atoms. The van der Waals surface area contributed by atoms with Crippen molar-refractivity contribution in [3.63, 3.8) is 0 Å². The number of hydrogen-bond acceptors (Lipinski definition) is 7. The minimum Gasteiger partial charge on any atom is -0.495 e. The first kappa shape index (κ1) is 33.3. The Hall–Kier alpha value is -4.16. The number of sulfonamides is 1. The number of nitro benzene ring substituents is 1. The number of nitrogens with one attached hydrogen (secondary N) is 1. The second-order valence-electron chi connectivity index (χ2n) is 9.82. The van der Waals surface area contributed by atoms with Gasteiger partial charge in [0.2, 0.25) is 11.8 Å². The van der Waals surface area contributed by atoms with Gasteiger partial charge < -0.3 is 15.0 Å². The van der Waals surface area contributed by atoms with E-state index < -0.39 is 44.0 Å². The third-order valence-corrected chi connectivity index (χ3v) is 8.85. The van der Waals surface area contributed by atoms with E-state index >= 15 is 0 Å². The van der Waals surface area contributed by atoms with Crippen molar-refractivity contribution in [3.05, 3.63) is 93.0 Å². The molecule has 230 valence electrons. The summed E-state index contributed by atoms with van der Waals surface area (Å²) in [6.45, 7) is 4.78. The normalized spacial score (nSPS) is 11.8. The van der Waals surface area contributed by atoms with Gasteiger partial charge in [-0.05, 0) is 56.5 Å². The summed E-state index contributed by atoms with van der Waals surface area (Å²) in [7, 11) is -3.25. The van der Waals surface area contributed by atoms with E-state index in [0.717, 1.165) is 15.9 Å². The van der Waals surface area contributed by atoms with Crippen molar-refractivity contribution < 1.29 is 27.7 Å². The molecule has 0 aliphatic heterocycles. The van der Waals surface area contributed by atoms with Crippen molar-refractivity contribution >= 4 is 44.8 Å². The molecular weight excluding hydrogens is 596 g/mol. The highest BCUT2D eigenvalue weighted by molar-refractivity contribution is 7.92. The standard InChI is InChI=1S/C30H35ClN4O7S/c1-5-16-32-30(37)22(3)33(17-15-23-9-7-6-8-10-23)29(36)20-34(27-18-24(31)12-14-28(27)42-4)43(40,41)25-13-11-21(2)26(19-25)35(38)39/h6-14,18-19,22H,5,15-17,20H2,1-4H3,(H,32,37)/t22-/m1/s1. The highest BCUT2D eigenvalue weighted by Gasteiger charge is 2.34. The van der Waals surface area contributed by atoms with Crippen LogP contribution in [-0.4, -0.2) is 62.8 Å². The van der Waals surface area contributed by atoms with Gasteiger partial charge >= 0.3 is 0 Å². The molecule has 11 nitrogen and oxygen atoms in total. The third kappa shape index (κ3) is 8.23. The molecule has 0 spiro atoms. The molecule has 43 heavy (non-hydrogen) atoms. The van der Waals surface area contributed by atoms with Crippen LogP contribution in [0.1, 0.15) is 31.4 Å². The van der Waals surface area contributed by atoms with Crippen molar-refractivity contribution in [2.45, 2.75) is 44.6 Å². The van der Waals surface area contributed by atoms with Gasteiger partial charge in [0.05, 0.1) is 22.6 Å². The van der Waals surface area contributed by atoms with Crippen LogP contribution in [0.5, 0.6) is 5.75 Å². The highest BCUT2D eigenvalue weighted by Crippen LogP contribution is 2.36. The fourth-order valence-corrected chi connectivity index (χ4v) is 6.01. The lowest BCUT2D eigenvalue weighted by Gasteiger charge is -2.32. The molecule has 0 saturated carbocycles. The van der Waals surface area contributed by atoms with Crippen molar-refractivity contribution in [3.8, 4) is 5.75 Å². The Labute approximate surface area is 256 Å². The molecule has 1 N–H and O–H groups in total. The lowest BCUT2D eigenvalue weighted by Crippen LogP contribution is -2.52. The number of carbonyl (C=O) groups is 2. The Morgan fingerprint density at radius 2 is 1.79 bits per heavy atom. The molecular formula is C30H35ClN4O7S. The Morgan fingerprint density at radius 1 is 1.09 bits per heavy atom. The van der Waals surface area contributed by atoms with Crippen LogP contribution in [0.25, 0.3) is 0 Å². The average molecular weight is 631 g/mol. The molecule has 1 atom stereocenters. The highest BCUT2D eigenvalue weighted by atomic mass is 35.5. The molecule has 0 aromatic heterocycles. The van der Waals surface area contributed by atoms with Crippen LogP contribution < -0.4 is 14.4 Å². The van der Waals surface area contributed by atoms with E-state index in [1.807, 2.05) is 37.3 Å². The second kappa shape index (κ2) is 14.8. The van der Waals surface area contributed by atoms with Crippen LogP contribution in [0.3, 0.4) is 0 Å². The van der Waals surface area contributed by atoms with Gasteiger partial charge in [-0.3, -0.25) is 24.0 Å². The Kier molecular flexibility index (Phi) is 11.5. The van der Waals surface area contributed by atoms with Crippen LogP contribution in [-0.2, 0) is 26.0 Å². The second-order valence-corrected chi connectivity index (χ2v) is 12.1. The number of halogens is 1. The van der Waals surface area contributed by atoms with Gasteiger partial charge in [-0.2, -0.15) is 0 Å². The van der Waals surface area contributed by atoms with E-state index in [4.69, 9.17) is 16.3 Å². The number of hydrogen-bond donors (Lipinski definition) is 1. The third-order valence-electron chi connectivity index (χ3n) is 6.85. The first-order valence-corrected chi connectivity index (χ1v) is 15.4. The van der Waals surface area contributed by atoms with E-state index in [2.05, 4.69) is 5.32 Å². The maximum atomic E-state index is 14.1. The summed E-state index contributed by atoms with van der Waals surface area (Å²) < 4.78 is 34.5. The summed E-state index contributed by atoms with van der Waals surface area (Å²) in [5.74, 6) is -0.943. The SMILES string of the molecule is CCCNC(=O)[C@@H](C)N(CCc1ccccc1)C(=O)CN(c1cc(Cl)ccc1OC)S(=O)(=O)c1ccc(C)c([N+](=O)[O-])c1. The summed E-state index contributed by atoms with van der Waals surface area (Å²) >= 11 is 6.24.